The molecule has 0 bridgehead atoms. The van der Waals surface area contributed by atoms with Crippen molar-refractivity contribution in [3.8, 4) is 5.75 Å². The fourth-order valence-corrected chi connectivity index (χ4v) is 3.71. The van der Waals surface area contributed by atoms with E-state index in [0.29, 0.717) is 12.8 Å². The molecule has 2 atom stereocenters. The number of aromatic hydroxyl groups is 1. The zero-order valence-electron chi connectivity index (χ0n) is 13.4. The van der Waals surface area contributed by atoms with Crippen LogP contribution in [0.3, 0.4) is 0 Å². The van der Waals surface area contributed by atoms with E-state index in [1.54, 1.807) is 12.1 Å². The Kier molecular flexibility index (Phi) is 4.37. The SMILES string of the molecule is C[C@@]1(C(=O)NC(=N)S)Cc2ccc(O)cc2[C@H]1Cc1ccccc1. The minimum atomic E-state index is -0.693. The molecule has 24 heavy (non-hydrogen) atoms. The first-order chi connectivity index (χ1) is 11.4. The van der Waals surface area contributed by atoms with Crippen molar-refractivity contribution in [2.24, 2.45) is 5.41 Å². The zero-order valence-corrected chi connectivity index (χ0v) is 14.3. The summed E-state index contributed by atoms with van der Waals surface area (Å²) in [5, 5.41) is 19.7. The molecule has 0 saturated carbocycles. The third-order valence-corrected chi connectivity index (χ3v) is 4.98. The molecule has 124 valence electrons. The number of fused-ring (bicyclic) bond motifs is 1. The molecule has 1 aliphatic carbocycles. The van der Waals surface area contributed by atoms with Gasteiger partial charge in [-0.05, 0) is 48.6 Å². The normalized spacial score (nSPS) is 22.0. The molecular formula is C19H20N2O2S. The van der Waals surface area contributed by atoms with Crippen LogP contribution >= 0.6 is 12.6 Å². The molecule has 2 aromatic carbocycles. The lowest BCUT2D eigenvalue weighted by atomic mass is 9.74. The largest absolute Gasteiger partial charge is 0.508 e. The van der Waals surface area contributed by atoms with Gasteiger partial charge in [-0.2, -0.15) is 0 Å². The van der Waals surface area contributed by atoms with E-state index in [0.717, 1.165) is 16.7 Å². The van der Waals surface area contributed by atoms with Gasteiger partial charge in [0.1, 0.15) is 5.75 Å². The zero-order chi connectivity index (χ0) is 17.3. The third kappa shape index (κ3) is 3.04. The van der Waals surface area contributed by atoms with E-state index in [2.05, 4.69) is 17.9 Å². The summed E-state index contributed by atoms with van der Waals surface area (Å²) in [6, 6.07) is 15.3. The average molecular weight is 340 g/mol. The number of hydrogen-bond donors (Lipinski definition) is 4. The number of hydrogen-bond acceptors (Lipinski definition) is 3. The first-order valence-corrected chi connectivity index (χ1v) is 8.29. The van der Waals surface area contributed by atoms with E-state index in [1.807, 2.05) is 43.3 Å². The molecule has 3 rings (SSSR count). The number of carbonyl (C=O) groups is 1. The topological polar surface area (TPSA) is 73.2 Å². The number of phenols is 1. The molecule has 2 aromatic rings. The van der Waals surface area contributed by atoms with Crippen molar-refractivity contribution >= 4 is 23.7 Å². The Bertz CT molecular complexity index is 791. The van der Waals surface area contributed by atoms with Crippen LogP contribution in [0.4, 0.5) is 0 Å². The number of thiol groups is 1. The van der Waals surface area contributed by atoms with Crippen molar-refractivity contribution in [3.05, 3.63) is 65.2 Å². The van der Waals surface area contributed by atoms with Crippen LogP contribution in [0.25, 0.3) is 0 Å². The second-order valence-electron chi connectivity index (χ2n) is 6.52. The predicted octanol–water partition coefficient (Wildman–Crippen LogP) is 3.26. The van der Waals surface area contributed by atoms with Crippen LogP contribution in [0.5, 0.6) is 5.75 Å². The molecule has 0 aromatic heterocycles. The van der Waals surface area contributed by atoms with Crippen molar-refractivity contribution in [1.82, 2.24) is 5.32 Å². The van der Waals surface area contributed by atoms with Crippen LogP contribution in [0.2, 0.25) is 0 Å². The van der Waals surface area contributed by atoms with Crippen LogP contribution < -0.4 is 5.32 Å². The van der Waals surface area contributed by atoms with E-state index in [-0.39, 0.29) is 22.7 Å². The molecule has 4 nitrogen and oxygen atoms in total. The van der Waals surface area contributed by atoms with Gasteiger partial charge in [-0.1, -0.05) is 36.4 Å². The van der Waals surface area contributed by atoms with E-state index < -0.39 is 5.41 Å². The lowest BCUT2D eigenvalue weighted by molar-refractivity contribution is -0.129. The van der Waals surface area contributed by atoms with E-state index in [9.17, 15) is 9.90 Å². The van der Waals surface area contributed by atoms with Crippen molar-refractivity contribution in [2.45, 2.75) is 25.7 Å². The number of nitrogens with one attached hydrogen (secondary N) is 2. The number of benzene rings is 2. The highest BCUT2D eigenvalue weighted by molar-refractivity contribution is 7.96. The van der Waals surface area contributed by atoms with Gasteiger partial charge in [0.05, 0.1) is 5.41 Å². The van der Waals surface area contributed by atoms with E-state index in [1.165, 1.54) is 0 Å². The summed E-state index contributed by atoms with van der Waals surface area (Å²) >= 11 is 3.89. The van der Waals surface area contributed by atoms with Crippen molar-refractivity contribution in [3.63, 3.8) is 0 Å². The Morgan fingerprint density at radius 3 is 2.71 bits per heavy atom. The maximum Gasteiger partial charge on any atom is 0.232 e. The van der Waals surface area contributed by atoms with Crippen molar-refractivity contribution in [1.29, 1.82) is 5.41 Å². The lowest BCUT2D eigenvalue weighted by Crippen LogP contribution is -2.43. The molecule has 0 fully saturated rings. The predicted molar refractivity (Wildman–Crippen MR) is 97.7 cm³/mol. The fourth-order valence-electron chi connectivity index (χ4n) is 3.60. The van der Waals surface area contributed by atoms with Crippen LogP contribution in [0.15, 0.2) is 48.5 Å². The van der Waals surface area contributed by atoms with Gasteiger partial charge in [0, 0.05) is 5.92 Å². The van der Waals surface area contributed by atoms with Crippen LogP contribution in [-0.2, 0) is 17.6 Å². The molecule has 0 heterocycles. The van der Waals surface area contributed by atoms with Gasteiger partial charge in [-0.15, -0.1) is 12.6 Å². The molecule has 0 aliphatic heterocycles. The number of rotatable bonds is 3. The Hall–Kier alpha value is -2.27. The first kappa shape index (κ1) is 16.6. The number of amidine groups is 1. The standard InChI is InChI=1S/C19H20N2O2S/c1-19(17(23)21-18(20)24)11-13-7-8-14(22)10-15(13)16(19)9-12-5-3-2-4-6-12/h2-8,10,16,22H,9,11H2,1H3,(H3,20,21,23,24)/t16-,19-/m1/s1. The number of carbonyl (C=O) groups excluding carboxylic acids is 1. The van der Waals surface area contributed by atoms with Gasteiger partial charge in [0.15, 0.2) is 5.17 Å². The van der Waals surface area contributed by atoms with Gasteiger partial charge in [-0.3, -0.25) is 10.2 Å². The summed E-state index contributed by atoms with van der Waals surface area (Å²) in [6.07, 6.45) is 1.27. The second-order valence-corrected chi connectivity index (χ2v) is 6.97. The molecule has 0 radical (unpaired) electrons. The van der Waals surface area contributed by atoms with Gasteiger partial charge in [-0.25, -0.2) is 0 Å². The smallest absolute Gasteiger partial charge is 0.232 e. The lowest BCUT2D eigenvalue weighted by Gasteiger charge is -2.30. The number of phenolic OH excluding ortho intramolecular Hbond substituents is 1. The summed E-state index contributed by atoms with van der Waals surface area (Å²) in [5.41, 5.74) is 2.51. The highest BCUT2D eigenvalue weighted by Gasteiger charge is 2.48. The Morgan fingerprint density at radius 1 is 1.33 bits per heavy atom. The van der Waals surface area contributed by atoms with E-state index in [4.69, 9.17) is 5.41 Å². The van der Waals surface area contributed by atoms with Gasteiger partial charge >= 0.3 is 0 Å². The van der Waals surface area contributed by atoms with Crippen LogP contribution in [0.1, 0.15) is 29.5 Å². The summed E-state index contributed by atoms with van der Waals surface area (Å²) in [6.45, 7) is 1.92. The molecule has 0 saturated heterocycles. The van der Waals surface area contributed by atoms with Gasteiger partial charge < -0.3 is 10.4 Å². The number of amides is 1. The van der Waals surface area contributed by atoms with Crippen LogP contribution in [-0.4, -0.2) is 16.2 Å². The Balaban J connectivity index is 2.02. The molecule has 5 heteroatoms. The van der Waals surface area contributed by atoms with Crippen molar-refractivity contribution < 1.29 is 9.90 Å². The first-order valence-electron chi connectivity index (χ1n) is 7.85. The van der Waals surface area contributed by atoms with Gasteiger partial charge in [0.25, 0.3) is 0 Å². The van der Waals surface area contributed by atoms with Gasteiger partial charge in [0.2, 0.25) is 5.91 Å². The Labute approximate surface area is 146 Å². The fraction of sp³-hybridized carbons (Fsp3) is 0.263. The third-order valence-electron chi connectivity index (χ3n) is 4.86. The maximum atomic E-state index is 12.8. The quantitative estimate of drug-likeness (QED) is 0.393. The monoisotopic (exact) mass is 340 g/mol. The summed E-state index contributed by atoms with van der Waals surface area (Å²) in [5.74, 6) is -0.0767. The van der Waals surface area contributed by atoms with Crippen LogP contribution in [0, 0.1) is 10.8 Å². The molecule has 3 N–H and O–H groups in total. The highest BCUT2D eigenvalue weighted by Crippen LogP contribution is 2.49. The molecular weight excluding hydrogens is 320 g/mol. The summed E-state index contributed by atoms with van der Waals surface area (Å²) < 4.78 is 0. The summed E-state index contributed by atoms with van der Waals surface area (Å²) in [7, 11) is 0. The Morgan fingerprint density at radius 2 is 2.04 bits per heavy atom. The maximum absolute atomic E-state index is 12.8. The molecule has 0 unspecified atom stereocenters. The second kappa shape index (κ2) is 6.32. The highest BCUT2D eigenvalue weighted by atomic mass is 32.1. The molecule has 1 aliphatic rings. The minimum absolute atomic E-state index is 0.0744. The average Bonchev–Trinajstić information content (AvgIpc) is 2.81. The molecule has 1 amide bonds. The van der Waals surface area contributed by atoms with E-state index >= 15 is 0 Å². The summed E-state index contributed by atoms with van der Waals surface area (Å²) in [4.78, 5) is 12.8. The van der Waals surface area contributed by atoms with Crippen molar-refractivity contribution in [2.75, 3.05) is 0 Å². The molecule has 0 spiro atoms. The minimum Gasteiger partial charge on any atom is -0.508 e.